The van der Waals surface area contributed by atoms with E-state index < -0.39 is 5.82 Å². The van der Waals surface area contributed by atoms with E-state index in [0.717, 1.165) is 44.1 Å². The second-order valence-electron chi connectivity index (χ2n) is 7.82. The highest BCUT2D eigenvalue weighted by atomic mass is 19.1. The number of aliphatic hydroxyl groups is 1. The topological polar surface area (TPSA) is 49.8 Å². The molecule has 1 aliphatic heterocycles. The Morgan fingerprint density at radius 3 is 2.69 bits per heavy atom. The van der Waals surface area contributed by atoms with Crippen LogP contribution in [0.3, 0.4) is 0 Å². The number of benzene rings is 1. The molecule has 1 aliphatic carbocycles. The number of hydrogen-bond acceptors (Lipinski definition) is 3. The minimum atomic E-state index is -0.510. The lowest BCUT2D eigenvalue weighted by molar-refractivity contribution is 0.0645. The molecule has 3 rings (SSSR count). The van der Waals surface area contributed by atoms with Crippen LogP contribution in [0, 0.1) is 17.7 Å². The van der Waals surface area contributed by atoms with Crippen LogP contribution in [0.4, 0.5) is 4.39 Å². The molecule has 1 aromatic rings. The standard InChI is InChI=1S/C21H30FNO3/c1-3-4-11-26-18-10-9-17-13-23(21(25)19(17)20(18)22)12-15-5-7-16(8-6-15)14(2)24/h9-10,14-16,24H,3-8,11-13H2,1-2H3. The van der Waals surface area contributed by atoms with Gasteiger partial charge in [-0.1, -0.05) is 19.4 Å². The van der Waals surface area contributed by atoms with Crippen molar-refractivity contribution in [2.45, 2.75) is 65.0 Å². The molecule has 0 spiro atoms. The van der Waals surface area contributed by atoms with Crippen LogP contribution in [0.2, 0.25) is 0 Å². The number of carbonyl (C=O) groups excluding carboxylic acids is 1. The number of halogens is 1. The number of carbonyl (C=O) groups is 1. The second-order valence-corrected chi connectivity index (χ2v) is 7.82. The van der Waals surface area contributed by atoms with E-state index in [9.17, 15) is 14.3 Å². The lowest BCUT2D eigenvalue weighted by atomic mass is 9.79. The zero-order valence-electron chi connectivity index (χ0n) is 15.8. The molecule has 5 heteroatoms. The highest BCUT2D eigenvalue weighted by molar-refractivity contribution is 5.99. The average Bonchev–Trinajstić information content (AvgIpc) is 2.94. The molecule has 0 bridgehead atoms. The maximum Gasteiger partial charge on any atom is 0.257 e. The Bertz CT molecular complexity index is 638. The van der Waals surface area contributed by atoms with Gasteiger partial charge in [-0.15, -0.1) is 0 Å². The summed E-state index contributed by atoms with van der Waals surface area (Å²) in [6, 6.07) is 3.47. The number of nitrogens with zero attached hydrogens (tertiary/aromatic N) is 1. The number of unbranched alkanes of at least 4 members (excludes halogenated alkanes) is 1. The predicted octanol–water partition coefficient (Wildman–Crippen LogP) is 4.15. The summed E-state index contributed by atoms with van der Waals surface area (Å²) < 4.78 is 20.2. The monoisotopic (exact) mass is 363 g/mol. The molecular formula is C21H30FNO3. The van der Waals surface area contributed by atoms with Crippen molar-refractivity contribution in [1.82, 2.24) is 4.90 Å². The molecule has 2 aliphatic rings. The Balaban J connectivity index is 1.62. The number of rotatable bonds is 7. The Kier molecular flexibility index (Phi) is 6.17. The fraction of sp³-hybridized carbons (Fsp3) is 0.667. The van der Waals surface area contributed by atoms with Crippen molar-refractivity contribution in [2.24, 2.45) is 11.8 Å². The molecule has 1 amide bonds. The second kappa shape index (κ2) is 8.38. The van der Waals surface area contributed by atoms with E-state index in [1.54, 1.807) is 11.0 Å². The van der Waals surface area contributed by atoms with Crippen LogP contribution in [0.15, 0.2) is 12.1 Å². The minimum Gasteiger partial charge on any atom is -0.490 e. The third-order valence-corrected chi connectivity index (χ3v) is 5.86. The quantitative estimate of drug-likeness (QED) is 0.741. The lowest BCUT2D eigenvalue weighted by Crippen LogP contribution is -2.33. The number of amides is 1. The van der Waals surface area contributed by atoms with Crippen molar-refractivity contribution >= 4 is 5.91 Å². The number of ether oxygens (including phenoxy) is 1. The Morgan fingerprint density at radius 1 is 1.31 bits per heavy atom. The Hall–Kier alpha value is -1.62. The molecule has 0 saturated heterocycles. The van der Waals surface area contributed by atoms with Crippen LogP contribution in [-0.4, -0.2) is 35.2 Å². The fourth-order valence-electron chi connectivity index (χ4n) is 4.15. The average molecular weight is 363 g/mol. The van der Waals surface area contributed by atoms with Crippen LogP contribution in [0.5, 0.6) is 5.75 Å². The first kappa shape index (κ1) is 19.2. The molecule has 1 heterocycles. The molecule has 1 fully saturated rings. The number of hydrogen-bond donors (Lipinski definition) is 1. The van der Waals surface area contributed by atoms with E-state index in [-0.39, 0.29) is 23.3 Å². The summed E-state index contributed by atoms with van der Waals surface area (Å²) in [4.78, 5) is 14.5. The summed E-state index contributed by atoms with van der Waals surface area (Å²) in [6.45, 7) is 5.53. The zero-order valence-corrected chi connectivity index (χ0v) is 15.8. The Morgan fingerprint density at radius 2 is 2.04 bits per heavy atom. The maximum atomic E-state index is 14.7. The largest absolute Gasteiger partial charge is 0.490 e. The van der Waals surface area contributed by atoms with Crippen LogP contribution in [0.25, 0.3) is 0 Å². The molecule has 1 N–H and O–H groups in total. The van der Waals surface area contributed by atoms with Gasteiger partial charge in [0.05, 0.1) is 18.3 Å². The predicted molar refractivity (Wildman–Crippen MR) is 98.7 cm³/mol. The smallest absolute Gasteiger partial charge is 0.257 e. The lowest BCUT2D eigenvalue weighted by Gasteiger charge is -2.32. The van der Waals surface area contributed by atoms with E-state index in [0.29, 0.717) is 31.5 Å². The molecule has 1 saturated carbocycles. The molecule has 1 unspecified atom stereocenters. The van der Waals surface area contributed by atoms with Crippen LogP contribution in [-0.2, 0) is 6.54 Å². The van der Waals surface area contributed by atoms with E-state index in [4.69, 9.17) is 4.74 Å². The maximum absolute atomic E-state index is 14.7. The van der Waals surface area contributed by atoms with Gasteiger partial charge in [0, 0.05) is 13.1 Å². The normalized spacial score (nSPS) is 23.8. The van der Waals surface area contributed by atoms with Crippen molar-refractivity contribution in [3.05, 3.63) is 29.1 Å². The van der Waals surface area contributed by atoms with E-state index in [1.807, 2.05) is 13.0 Å². The van der Waals surface area contributed by atoms with Crippen molar-refractivity contribution in [3.8, 4) is 5.75 Å². The van der Waals surface area contributed by atoms with Gasteiger partial charge in [0.2, 0.25) is 0 Å². The third-order valence-electron chi connectivity index (χ3n) is 5.86. The van der Waals surface area contributed by atoms with Crippen LogP contribution in [0.1, 0.15) is 68.3 Å². The summed E-state index contributed by atoms with van der Waals surface area (Å²) in [5.74, 6) is 0.273. The van der Waals surface area contributed by atoms with Gasteiger partial charge in [-0.05, 0) is 62.5 Å². The molecular weight excluding hydrogens is 333 g/mol. The summed E-state index contributed by atoms with van der Waals surface area (Å²) in [6.07, 6.45) is 5.63. The first-order valence-corrected chi connectivity index (χ1v) is 9.92. The van der Waals surface area contributed by atoms with E-state index in [2.05, 4.69) is 6.92 Å². The van der Waals surface area contributed by atoms with Gasteiger partial charge in [0.15, 0.2) is 11.6 Å². The van der Waals surface area contributed by atoms with Gasteiger partial charge in [-0.25, -0.2) is 4.39 Å². The van der Waals surface area contributed by atoms with Gasteiger partial charge in [-0.3, -0.25) is 4.79 Å². The highest BCUT2D eigenvalue weighted by Crippen LogP contribution is 2.35. The van der Waals surface area contributed by atoms with Gasteiger partial charge >= 0.3 is 0 Å². The zero-order chi connectivity index (χ0) is 18.7. The summed E-state index contributed by atoms with van der Waals surface area (Å²) >= 11 is 0. The van der Waals surface area contributed by atoms with E-state index in [1.165, 1.54) is 0 Å². The van der Waals surface area contributed by atoms with Gasteiger partial charge in [0.25, 0.3) is 5.91 Å². The van der Waals surface area contributed by atoms with Crippen molar-refractivity contribution in [1.29, 1.82) is 0 Å². The number of aliphatic hydroxyl groups excluding tert-OH is 1. The van der Waals surface area contributed by atoms with Gasteiger partial charge in [-0.2, -0.15) is 0 Å². The first-order chi connectivity index (χ1) is 12.5. The van der Waals surface area contributed by atoms with Crippen molar-refractivity contribution < 1.29 is 19.0 Å². The molecule has 144 valence electrons. The summed E-state index contributed by atoms with van der Waals surface area (Å²) in [7, 11) is 0. The Labute approximate surface area is 155 Å². The molecule has 1 aromatic carbocycles. The molecule has 26 heavy (non-hydrogen) atoms. The van der Waals surface area contributed by atoms with E-state index >= 15 is 0 Å². The van der Waals surface area contributed by atoms with Crippen molar-refractivity contribution in [2.75, 3.05) is 13.2 Å². The highest BCUT2D eigenvalue weighted by Gasteiger charge is 2.34. The third kappa shape index (κ3) is 4.03. The fourth-order valence-corrected chi connectivity index (χ4v) is 4.15. The molecule has 0 aromatic heterocycles. The van der Waals surface area contributed by atoms with Gasteiger partial charge in [0.1, 0.15) is 0 Å². The molecule has 1 atom stereocenters. The first-order valence-electron chi connectivity index (χ1n) is 9.92. The van der Waals surface area contributed by atoms with Gasteiger partial charge < -0.3 is 14.7 Å². The molecule has 0 radical (unpaired) electrons. The van der Waals surface area contributed by atoms with Crippen molar-refractivity contribution in [3.63, 3.8) is 0 Å². The molecule has 4 nitrogen and oxygen atoms in total. The summed E-state index contributed by atoms with van der Waals surface area (Å²) in [5, 5.41) is 9.72. The summed E-state index contributed by atoms with van der Waals surface area (Å²) in [5.41, 5.74) is 0.949. The van der Waals surface area contributed by atoms with Crippen LogP contribution >= 0.6 is 0 Å². The minimum absolute atomic E-state index is 0.185. The SMILES string of the molecule is CCCCOc1ccc2c(c1F)C(=O)N(CC1CCC(C(C)O)CC1)C2. The number of fused-ring (bicyclic) bond motifs is 1. The van der Waals surface area contributed by atoms with Crippen LogP contribution < -0.4 is 4.74 Å².